The van der Waals surface area contributed by atoms with E-state index in [1.165, 1.54) is 12.8 Å². The van der Waals surface area contributed by atoms with Gasteiger partial charge in [-0.15, -0.1) is 0 Å². The van der Waals surface area contributed by atoms with E-state index in [4.69, 9.17) is 4.74 Å². The Morgan fingerprint density at radius 2 is 2.15 bits per heavy atom. The van der Waals surface area contributed by atoms with Crippen molar-refractivity contribution in [3.8, 4) is 5.88 Å². The predicted octanol–water partition coefficient (Wildman–Crippen LogP) is 2.65. The average molecular weight is 278 g/mol. The third-order valence-corrected chi connectivity index (χ3v) is 3.73. The number of nitrogens with one attached hydrogen (secondary N) is 1. The smallest absolute Gasteiger partial charge is 0.218 e. The van der Waals surface area contributed by atoms with Crippen molar-refractivity contribution in [2.24, 2.45) is 0 Å². The lowest BCUT2D eigenvalue weighted by Gasteiger charge is -2.22. The highest BCUT2D eigenvalue weighted by Crippen LogP contribution is 2.20. The number of nitrogens with zero attached hydrogens (tertiary/aromatic N) is 1. The molecule has 4 heteroatoms. The lowest BCUT2D eigenvalue weighted by Crippen LogP contribution is -2.38. The number of aliphatic hydroxyl groups is 1. The van der Waals surface area contributed by atoms with Gasteiger partial charge in [-0.2, -0.15) is 0 Å². The quantitative estimate of drug-likeness (QED) is 0.813. The number of pyridine rings is 1. The van der Waals surface area contributed by atoms with E-state index >= 15 is 0 Å². The minimum absolute atomic E-state index is 0.118. The number of aliphatic hydroxyl groups excluding tert-OH is 1. The highest BCUT2D eigenvalue weighted by molar-refractivity contribution is 5.25. The van der Waals surface area contributed by atoms with E-state index in [0.29, 0.717) is 12.4 Å². The predicted molar refractivity (Wildman–Crippen MR) is 79.7 cm³/mol. The molecular weight excluding hydrogens is 252 g/mol. The van der Waals surface area contributed by atoms with E-state index in [2.05, 4.69) is 10.3 Å². The molecule has 1 aromatic rings. The summed E-state index contributed by atoms with van der Waals surface area (Å²) in [5.74, 6) is 0.693. The molecule has 4 nitrogen and oxygen atoms in total. The summed E-state index contributed by atoms with van der Waals surface area (Å²) in [5.41, 5.74) is 1.05. The normalized spacial score (nSPS) is 23.6. The Kier molecular flexibility index (Phi) is 5.80. The second-order valence-corrected chi connectivity index (χ2v) is 5.83. The molecule has 0 saturated heterocycles. The van der Waals surface area contributed by atoms with Crippen LogP contribution < -0.4 is 10.1 Å². The zero-order valence-corrected chi connectivity index (χ0v) is 12.5. The molecule has 20 heavy (non-hydrogen) atoms. The second kappa shape index (κ2) is 7.60. The van der Waals surface area contributed by atoms with Crippen molar-refractivity contribution in [2.45, 2.75) is 70.7 Å². The monoisotopic (exact) mass is 278 g/mol. The van der Waals surface area contributed by atoms with Crippen LogP contribution in [-0.4, -0.2) is 28.3 Å². The summed E-state index contributed by atoms with van der Waals surface area (Å²) in [6.45, 7) is 4.69. The summed E-state index contributed by atoms with van der Waals surface area (Å²) in [6.07, 6.45) is 7.13. The third kappa shape index (κ3) is 4.46. The van der Waals surface area contributed by atoms with Crippen molar-refractivity contribution >= 4 is 0 Å². The van der Waals surface area contributed by atoms with Gasteiger partial charge in [0, 0.05) is 24.3 Å². The van der Waals surface area contributed by atoms with E-state index in [0.717, 1.165) is 24.8 Å². The van der Waals surface area contributed by atoms with Gasteiger partial charge in [0.1, 0.15) is 0 Å². The van der Waals surface area contributed by atoms with Gasteiger partial charge in [-0.1, -0.05) is 25.3 Å². The van der Waals surface area contributed by atoms with Crippen LogP contribution in [0, 0.1) is 0 Å². The highest BCUT2D eigenvalue weighted by Gasteiger charge is 2.21. The Labute approximate surface area is 121 Å². The summed E-state index contributed by atoms with van der Waals surface area (Å²) in [5, 5.41) is 13.6. The largest absolute Gasteiger partial charge is 0.475 e. The van der Waals surface area contributed by atoms with Crippen LogP contribution in [-0.2, 0) is 6.54 Å². The van der Waals surface area contributed by atoms with Gasteiger partial charge in [0.15, 0.2) is 0 Å². The van der Waals surface area contributed by atoms with Crippen molar-refractivity contribution < 1.29 is 9.84 Å². The van der Waals surface area contributed by atoms with E-state index in [1.807, 2.05) is 26.0 Å². The Balaban J connectivity index is 1.95. The molecule has 1 fully saturated rings. The van der Waals surface area contributed by atoms with Gasteiger partial charge in [-0.25, -0.2) is 4.98 Å². The Morgan fingerprint density at radius 1 is 1.35 bits per heavy atom. The van der Waals surface area contributed by atoms with Gasteiger partial charge in [-0.05, 0) is 32.8 Å². The van der Waals surface area contributed by atoms with Crippen molar-refractivity contribution in [1.29, 1.82) is 0 Å². The van der Waals surface area contributed by atoms with E-state index < -0.39 is 0 Å². The minimum atomic E-state index is -0.233. The molecule has 0 radical (unpaired) electrons. The third-order valence-electron chi connectivity index (χ3n) is 3.73. The molecule has 0 aliphatic heterocycles. The van der Waals surface area contributed by atoms with Crippen molar-refractivity contribution in [3.05, 3.63) is 23.9 Å². The first-order chi connectivity index (χ1) is 9.66. The maximum atomic E-state index is 10.1. The topological polar surface area (TPSA) is 54.4 Å². The second-order valence-electron chi connectivity index (χ2n) is 5.83. The summed E-state index contributed by atoms with van der Waals surface area (Å²) in [6, 6.07) is 4.14. The van der Waals surface area contributed by atoms with E-state index in [1.54, 1.807) is 6.20 Å². The number of aromatic nitrogens is 1. The van der Waals surface area contributed by atoms with E-state index in [-0.39, 0.29) is 18.2 Å². The Bertz CT molecular complexity index is 409. The fourth-order valence-corrected chi connectivity index (χ4v) is 2.66. The van der Waals surface area contributed by atoms with Crippen molar-refractivity contribution in [1.82, 2.24) is 10.3 Å². The van der Waals surface area contributed by atoms with Crippen LogP contribution in [0.4, 0.5) is 0 Å². The number of ether oxygens (including phenoxy) is 1. The number of rotatable bonds is 5. The lowest BCUT2D eigenvalue weighted by atomic mass is 10.1. The van der Waals surface area contributed by atoms with E-state index in [9.17, 15) is 5.11 Å². The standard InChI is InChI=1S/C16H26N2O2/c1-12(2)20-16-13(7-6-10-17-16)11-18-14-8-4-3-5-9-15(14)19/h6-7,10,12,14-15,18-19H,3-5,8-9,11H2,1-2H3. The van der Waals surface area contributed by atoms with Gasteiger partial charge in [0.2, 0.25) is 5.88 Å². The Morgan fingerprint density at radius 3 is 2.95 bits per heavy atom. The summed E-state index contributed by atoms with van der Waals surface area (Å²) < 4.78 is 5.72. The molecule has 0 spiro atoms. The van der Waals surface area contributed by atoms with Crippen molar-refractivity contribution in [3.63, 3.8) is 0 Å². The Hall–Kier alpha value is -1.13. The fraction of sp³-hybridized carbons (Fsp3) is 0.688. The van der Waals surface area contributed by atoms with Gasteiger partial charge in [-0.3, -0.25) is 0 Å². The zero-order chi connectivity index (χ0) is 14.4. The molecule has 0 bridgehead atoms. The lowest BCUT2D eigenvalue weighted by molar-refractivity contribution is 0.119. The van der Waals surface area contributed by atoms with Crippen molar-refractivity contribution in [2.75, 3.05) is 0 Å². The molecule has 2 rings (SSSR count). The number of hydrogen-bond acceptors (Lipinski definition) is 4. The van der Waals surface area contributed by atoms with Crippen LogP contribution in [0.2, 0.25) is 0 Å². The summed E-state index contributed by atoms with van der Waals surface area (Å²) in [4.78, 5) is 4.30. The SMILES string of the molecule is CC(C)Oc1ncccc1CNC1CCCCCC1O. The maximum Gasteiger partial charge on any atom is 0.218 e. The van der Waals surface area contributed by atoms with Crippen LogP contribution in [0.5, 0.6) is 5.88 Å². The van der Waals surface area contributed by atoms with Crippen LogP contribution in [0.3, 0.4) is 0 Å². The van der Waals surface area contributed by atoms with Gasteiger partial charge < -0.3 is 15.2 Å². The van der Waals surface area contributed by atoms with Crippen LogP contribution >= 0.6 is 0 Å². The van der Waals surface area contributed by atoms with Gasteiger partial charge in [0.05, 0.1) is 12.2 Å². The summed E-state index contributed by atoms with van der Waals surface area (Å²) in [7, 11) is 0. The molecule has 1 aliphatic rings. The van der Waals surface area contributed by atoms with Gasteiger partial charge >= 0.3 is 0 Å². The van der Waals surface area contributed by atoms with Gasteiger partial charge in [0.25, 0.3) is 0 Å². The summed E-state index contributed by atoms with van der Waals surface area (Å²) >= 11 is 0. The molecule has 1 aromatic heterocycles. The highest BCUT2D eigenvalue weighted by atomic mass is 16.5. The van der Waals surface area contributed by atoms with Crippen LogP contribution in [0.1, 0.15) is 51.5 Å². The molecule has 2 unspecified atom stereocenters. The average Bonchev–Trinajstić information content (AvgIpc) is 2.62. The molecular formula is C16H26N2O2. The minimum Gasteiger partial charge on any atom is -0.475 e. The molecule has 2 atom stereocenters. The fourth-order valence-electron chi connectivity index (χ4n) is 2.66. The first-order valence-corrected chi connectivity index (χ1v) is 7.69. The molecule has 0 amide bonds. The molecule has 2 N–H and O–H groups in total. The van der Waals surface area contributed by atoms with Crippen LogP contribution in [0.15, 0.2) is 18.3 Å². The first kappa shape index (κ1) is 15.3. The van der Waals surface area contributed by atoms with Crippen LogP contribution in [0.25, 0.3) is 0 Å². The molecule has 1 heterocycles. The molecule has 112 valence electrons. The maximum absolute atomic E-state index is 10.1. The molecule has 1 aliphatic carbocycles. The molecule has 0 aromatic carbocycles. The molecule has 1 saturated carbocycles. The first-order valence-electron chi connectivity index (χ1n) is 7.69. The zero-order valence-electron chi connectivity index (χ0n) is 12.5. The number of hydrogen-bond donors (Lipinski definition) is 2.